The number of rotatable bonds is 1. The van der Waals surface area contributed by atoms with Crippen LogP contribution in [-0.4, -0.2) is 5.54 Å². The summed E-state index contributed by atoms with van der Waals surface area (Å²) in [5.41, 5.74) is 7.57. The minimum Gasteiger partial charge on any atom is -0.325 e. The zero-order valence-corrected chi connectivity index (χ0v) is 7.85. The van der Waals surface area contributed by atoms with E-state index in [1.54, 1.807) is 0 Å². The Labute approximate surface area is 69.7 Å². The largest absolute Gasteiger partial charge is 0.325 e. The molecule has 0 aromatic rings. The smallest absolute Gasteiger partial charge is 0.0128 e. The van der Waals surface area contributed by atoms with E-state index in [2.05, 4.69) is 26.8 Å². The van der Waals surface area contributed by atoms with Crippen LogP contribution in [0, 0.1) is 5.92 Å². The van der Waals surface area contributed by atoms with Gasteiger partial charge < -0.3 is 5.73 Å². The predicted octanol–water partition coefficient (Wildman–Crippen LogP) is 2.47. The van der Waals surface area contributed by atoms with Crippen molar-refractivity contribution in [3.63, 3.8) is 0 Å². The Balaban J connectivity index is 2.54. The molecule has 1 heteroatoms. The van der Waals surface area contributed by atoms with Crippen LogP contribution in [0.15, 0.2) is 11.6 Å². The molecule has 1 atom stereocenters. The molecule has 1 rings (SSSR count). The lowest BCUT2D eigenvalue weighted by atomic mass is 9.78. The van der Waals surface area contributed by atoms with Crippen LogP contribution >= 0.6 is 0 Å². The molecule has 0 fully saturated rings. The molecule has 0 amide bonds. The number of nitrogens with two attached hydrogens (primary N) is 1. The van der Waals surface area contributed by atoms with Gasteiger partial charge in [0, 0.05) is 5.54 Å². The van der Waals surface area contributed by atoms with Gasteiger partial charge >= 0.3 is 0 Å². The fourth-order valence-corrected chi connectivity index (χ4v) is 1.64. The minimum absolute atomic E-state index is 0.0111. The van der Waals surface area contributed by atoms with Crippen molar-refractivity contribution in [3.05, 3.63) is 11.6 Å². The molecule has 1 nitrogen and oxygen atoms in total. The quantitative estimate of drug-likeness (QED) is 0.575. The molecule has 1 aliphatic rings. The zero-order chi connectivity index (χ0) is 8.48. The molecular weight excluding hydrogens is 134 g/mol. The molecule has 0 radical (unpaired) electrons. The zero-order valence-electron chi connectivity index (χ0n) is 7.85. The molecule has 0 bridgehead atoms. The van der Waals surface area contributed by atoms with E-state index in [-0.39, 0.29) is 5.54 Å². The van der Waals surface area contributed by atoms with Crippen molar-refractivity contribution in [1.29, 1.82) is 0 Å². The average molecular weight is 153 g/mol. The highest BCUT2D eigenvalue weighted by molar-refractivity contribution is 5.05. The summed E-state index contributed by atoms with van der Waals surface area (Å²) in [7, 11) is 0. The van der Waals surface area contributed by atoms with Crippen molar-refractivity contribution in [3.8, 4) is 0 Å². The molecule has 0 aliphatic heterocycles. The standard InChI is InChI=1S/C10H19N/c1-8-4-6-9(7-5-8)10(2,3)11/h4,9H,5-7,11H2,1-3H3/t9-/m0/s1. The first-order valence-electron chi connectivity index (χ1n) is 4.44. The van der Waals surface area contributed by atoms with Crippen LogP contribution in [0.2, 0.25) is 0 Å². The van der Waals surface area contributed by atoms with Gasteiger partial charge in [0.05, 0.1) is 0 Å². The van der Waals surface area contributed by atoms with E-state index < -0.39 is 0 Å². The van der Waals surface area contributed by atoms with Crippen LogP contribution in [0.4, 0.5) is 0 Å². The lowest BCUT2D eigenvalue weighted by molar-refractivity contribution is 0.294. The summed E-state index contributed by atoms with van der Waals surface area (Å²) in [5, 5.41) is 0. The van der Waals surface area contributed by atoms with E-state index in [0.29, 0.717) is 5.92 Å². The van der Waals surface area contributed by atoms with E-state index in [4.69, 9.17) is 5.73 Å². The summed E-state index contributed by atoms with van der Waals surface area (Å²) in [6, 6.07) is 0. The predicted molar refractivity (Wildman–Crippen MR) is 49.4 cm³/mol. The Kier molecular flexibility index (Phi) is 2.38. The first-order valence-corrected chi connectivity index (χ1v) is 4.44. The van der Waals surface area contributed by atoms with E-state index in [0.717, 1.165) is 0 Å². The van der Waals surface area contributed by atoms with Crippen molar-refractivity contribution < 1.29 is 0 Å². The molecule has 0 heterocycles. The third-order valence-corrected chi connectivity index (χ3v) is 2.69. The van der Waals surface area contributed by atoms with Gasteiger partial charge in [-0.3, -0.25) is 0 Å². The molecule has 0 saturated carbocycles. The van der Waals surface area contributed by atoms with Gasteiger partial charge in [0.1, 0.15) is 0 Å². The first kappa shape index (κ1) is 8.79. The normalized spacial score (nSPS) is 26.5. The van der Waals surface area contributed by atoms with Crippen LogP contribution in [0.3, 0.4) is 0 Å². The summed E-state index contributed by atoms with van der Waals surface area (Å²) in [4.78, 5) is 0. The van der Waals surface area contributed by atoms with Crippen LogP contribution in [0.1, 0.15) is 40.0 Å². The average Bonchev–Trinajstić information content (AvgIpc) is 1.86. The third-order valence-electron chi connectivity index (χ3n) is 2.69. The molecule has 0 unspecified atom stereocenters. The van der Waals surface area contributed by atoms with Crippen LogP contribution in [-0.2, 0) is 0 Å². The van der Waals surface area contributed by atoms with Crippen LogP contribution < -0.4 is 5.73 Å². The maximum Gasteiger partial charge on any atom is 0.0128 e. The van der Waals surface area contributed by atoms with E-state index in [1.165, 1.54) is 24.8 Å². The summed E-state index contributed by atoms with van der Waals surface area (Å²) in [6.07, 6.45) is 6.02. The maximum atomic E-state index is 6.03. The fraction of sp³-hybridized carbons (Fsp3) is 0.800. The minimum atomic E-state index is 0.0111. The molecule has 0 saturated heterocycles. The lowest BCUT2D eigenvalue weighted by Gasteiger charge is -2.32. The van der Waals surface area contributed by atoms with Gasteiger partial charge in [0.15, 0.2) is 0 Å². The number of hydrogen-bond donors (Lipinski definition) is 1. The summed E-state index contributed by atoms with van der Waals surface area (Å²) in [6.45, 7) is 6.47. The Hall–Kier alpha value is -0.300. The van der Waals surface area contributed by atoms with Gasteiger partial charge in [-0.15, -0.1) is 0 Å². The Morgan fingerprint density at radius 1 is 1.55 bits per heavy atom. The summed E-state index contributed by atoms with van der Waals surface area (Å²) >= 11 is 0. The number of hydrogen-bond acceptors (Lipinski definition) is 1. The van der Waals surface area contributed by atoms with E-state index in [1.807, 2.05) is 0 Å². The molecule has 2 N–H and O–H groups in total. The molecule has 1 aliphatic carbocycles. The van der Waals surface area contributed by atoms with Gasteiger partial charge in [0.25, 0.3) is 0 Å². The van der Waals surface area contributed by atoms with Crippen LogP contribution in [0.25, 0.3) is 0 Å². The summed E-state index contributed by atoms with van der Waals surface area (Å²) < 4.78 is 0. The number of allylic oxidation sites excluding steroid dienone is 2. The highest BCUT2D eigenvalue weighted by Gasteiger charge is 2.25. The van der Waals surface area contributed by atoms with Gasteiger partial charge in [0.2, 0.25) is 0 Å². The topological polar surface area (TPSA) is 26.0 Å². The Bertz CT molecular complexity index is 162. The van der Waals surface area contributed by atoms with Gasteiger partial charge in [-0.2, -0.15) is 0 Å². The Morgan fingerprint density at radius 2 is 2.18 bits per heavy atom. The molecule has 64 valence electrons. The highest BCUT2D eigenvalue weighted by atomic mass is 14.7. The molecular formula is C10H19N. The highest BCUT2D eigenvalue weighted by Crippen LogP contribution is 2.29. The second-order valence-electron chi connectivity index (χ2n) is 4.34. The first-order chi connectivity index (χ1) is 5.00. The second kappa shape index (κ2) is 2.98. The van der Waals surface area contributed by atoms with E-state index >= 15 is 0 Å². The van der Waals surface area contributed by atoms with Crippen molar-refractivity contribution in [2.24, 2.45) is 11.7 Å². The monoisotopic (exact) mass is 153 g/mol. The maximum absolute atomic E-state index is 6.03. The third kappa shape index (κ3) is 2.33. The summed E-state index contributed by atoms with van der Waals surface area (Å²) in [5.74, 6) is 0.686. The molecule has 0 spiro atoms. The van der Waals surface area contributed by atoms with Crippen molar-refractivity contribution >= 4 is 0 Å². The van der Waals surface area contributed by atoms with E-state index in [9.17, 15) is 0 Å². The Morgan fingerprint density at radius 3 is 2.55 bits per heavy atom. The van der Waals surface area contributed by atoms with Crippen LogP contribution in [0.5, 0.6) is 0 Å². The second-order valence-corrected chi connectivity index (χ2v) is 4.34. The molecule has 11 heavy (non-hydrogen) atoms. The van der Waals surface area contributed by atoms with Crippen molar-refractivity contribution in [1.82, 2.24) is 0 Å². The van der Waals surface area contributed by atoms with Gasteiger partial charge in [-0.25, -0.2) is 0 Å². The van der Waals surface area contributed by atoms with Crippen molar-refractivity contribution in [2.45, 2.75) is 45.6 Å². The SMILES string of the molecule is CC1=CC[C@H](C(C)(C)N)CC1. The van der Waals surface area contributed by atoms with Gasteiger partial charge in [-0.1, -0.05) is 11.6 Å². The lowest BCUT2D eigenvalue weighted by Crippen LogP contribution is -2.41. The fourth-order valence-electron chi connectivity index (χ4n) is 1.64. The van der Waals surface area contributed by atoms with Gasteiger partial charge in [-0.05, 0) is 46.0 Å². The van der Waals surface area contributed by atoms with Crippen molar-refractivity contribution in [2.75, 3.05) is 0 Å². The molecule has 0 aromatic carbocycles. The molecule has 0 aromatic heterocycles.